The zero-order valence-corrected chi connectivity index (χ0v) is 18.8. The molecule has 0 fully saturated rings. The second-order valence-electron chi connectivity index (χ2n) is 7.34. The van der Waals surface area contributed by atoms with Crippen molar-refractivity contribution in [2.75, 3.05) is 26.1 Å². The molecule has 4 rings (SSSR count). The molecule has 2 aromatic carbocycles. The topological polar surface area (TPSA) is 137 Å². The summed E-state index contributed by atoms with van der Waals surface area (Å²) in [7, 11) is 2.79. The number of imide groups is 1. The Balaban J connectivity index is 1.40. The van der Waals surface area contributed by atoms with Crippen molar-refractivity contribution in [1.29, 1.82) is 0 Å². The number of carbonyl (C=O) groups is 4. The van der Waals surface area contributed by atoms with E-state index in [1.807, 2.05) is 30.3 Å². The van der Waals surface area contributed by atoms with Crippen LogP contribution < -0.4 is 14.8 Å². The van der Waals surface area contributed by atoms with E-state index in [1.165, 1.54) is 38.5 Å². The molecule has 35 heavy (non-hydrogen) atoms. The van der Waals surface area contributed by atoms with Gasteiger partial charge in [0.05, 0.1) is 43.5 Å². The number of carbonyl (C=O) groups excluding carboxylic acids is 4. The number of fused-ring (bicyclic) bond motifs is 1. The van der Waals surface area contributed by atoms with Crippen molar-refractivity contribution >= 4 is 29.6 Å². The number of hydrogen-bond donors (Lipinski definition) is 1. The van der Waals surface area contributed by atoms with E-state index >= 15 is 0 Å². The summed E-state index contributed by atoms with van der Waals surface area (Å²) in [5.74, 6) is -2.25. The number of benzene rings is 2. The lowest BCUT2D eigenvalue weighted by atomic mass is 10.1. The van der Waals surface area contributed by atoms with Crippen LogP contribution in [0.15, 0.2) is 54.6 Å². The third kappa shape index (κ3) is 5.08. The Hall–Kier alpha value is -4.80. The first-order chi connectivity index (χ1) is 16.9. The first kappa shape index (κ1) is 23.4. The predicted molar refractivity (Wildman–Crippen MR) is 121 cm³/mol. The van der Waals surface area contributed by atoms with Gasteiger partial charge in [-0.15, -0.1) is 0 Å². The van der Waals surface area contributed by atoms with Gasteiger partial charge in [-0.05, 0) is 23.8 Å². The molecule has 3 amide bonds. The highest BCUT2D eigenvalue weighted by atomic mass is 16.5. The van der Waals surface area contributed by atoms with Crippen molar-refractivity contribution in [2.24, 2.45) is 0 Å². The van der Waals surface area contributed by atoms with Gasteiger partial charge in [0.1, 0.15) is 0 Å². The van der Waals surface area contributed by atoms with Crippen molar-refractivity contribution in [1.82, 2.24) is 14.9 Å². The van der Waals surface area contributed by atoms with Crippen molar-refractivity contribution in [3.63, 3.8) is 0 Å². The van der Waals surface area contributed by atoms with Crippen LogP contribution in [0.2, 0.25) is 0 Å². The lowest BCUT2D eigenvalue weighted by molar-refractivity contribution is -0.119. The van der Waals surface area contributed by atoms with Crippen LogP contribution in [-0.4, -0.2) is 59.4 Å². The van der Waals surface area contributed by atoms with Crippen LogP contribution in [0.25, 0.3) is 0 Å². The highest BCUT2D eigenvalue weighted by molar-refractivity contribution is 6.21. The first-order valence-electron chi connectivity index (χ1n) is 10.4. The molecular formula is C24H20N4O7. The molecule has 1 N–H and O–H groups in total. The zero-order valence-electron chi connectivity index (χ0n) is 18.8. The summed E-state index contributed by atoms with van der Waals surface area (Å²) in [4.78, 5) is 59.2. The number of nitrogens with one attached hydrogen (secondary N) is 1. The van der Waals surface area contributed by atoms with Crippen LogP contribution in [0, 0.1) is 0 Å². The fourth-order valence-corrected chi connectivity index (χ4v) is 3.37. The summed E-state index contributed by atoms with van der Waals surface area (Å²) in [6.07, 6.45) is 0. The van der Waals surface area contributed by atoms with Crippen LogP contribution in [-0.2, 0) is 16.1 Å². The molecule has 3 aromatic rings. The van der Waals surface area contributed by atoms with Crippen LogP contribution in [0.1, 0.15) is 36.6 Å². The maximum atomic E-state index is 12.8. The summed E-state index contributed by atoms with van der Waals surface area (Å²) in [5, 5.41) is 2.38. The van der Waals surface area contributed by atoms with Crippen LogP contribution in [0.5, 0.6) is 11.8 Å². The van der Waals surface area contributed by atoms with Crippen LogP contribution in [0.3, 0.4) is 0 Å². The van der Waals surface area contributed by atoms with E-state index in [-0.39, 0.29) is 40.9 Å². The Morgan fingerprint density at radius 1 is 0.886 bits per heavy atom. The quantitative estimate of drug-likeness (QED) is 0.383. The van der Waals surface area contributed by atoms with E-state index in [4.69, 9.17) is 14.2 Å². The Kier molecular flexibility index (Phi) is 6.67. The summed E-state index contributed by atoms with van der Waals surface area (Å²) < 4.78 is 15.1. The van der Waals surface area contributed by atoms with Crippen molar-refractivity contribution in [3.8, 4) is 11.8 Å². The molecule has 0 saturated heterocycles. The van der Waals surface area contributed by atoms with E-state index in [2.05, 4.69) is 15.3 Å². The summed E-state index contributed by atoms with van der Waals surface area (Å²) in [6.45, 7) is -0.518. The molecule has 0 atom stereocenters. The standard InChI is InChI=1S/C24H20N4O7/c1-33-19-11-20(34-2)27-24(26-19)25-18(29)13-35-23(32)15-8-9-16-17(10-15)22(31)28(21(16)30)12-14-6-4-3-5-7-14/h3-11H,12-13H2,1-2H3,(H,25,26,27,29). The largest absolute Gasteiger partial charge is 0.481 e. The Bertz CT molecular complexity index is 1290. The average Bonchev–Trinajstić information content (AvgIpc) is 3.11. The van der Waals surface area contributed by atoms with Gasteiger partial charge in [0.15, 0.2) is 6.61 Å². The van der Waals surface area contributed by atoms with E-state index in [1.54, 1.807) is 0 Å². The molecule has 178 valence electrons. The fraction of sp³-hybridized carbons (Fsp3) is 0.167. The van der Waals surface area contributed by atoms with Gasteiger partial charge in [-0.2, -0.15) is 9.97 Å². The van der Waals surface area contributed by atoms with Gasteiger partial charge in [-0.3, -0.25) is 24.6 Å². The maximum Gasteiger partial charge on any atom is 0.338 e. The van der Waals surface area contributed by atoms with Gasteiger partial charge in [0, 0.05) is 0 Å². The number of amides is 3. The highest BCUT2D eigenvalue weighted by Crippen LogP contribution is 2.26. The van der Waals surface area contributed by atoms with Crippen molar-refractivity contribution in [2.45, 2.75) is 6.54 Å². The molecule has 0 unspecified atom stereocenters. The van der Waals surface area contributed by atoms with Gasteiger partial charge >= 0.3 is 5.97 Å². The third-order valence-electron chi connectivity index (χ3n) is 5.07. The lowest BCUT2D eigenvalue weighted by Gasteiger charge is -2.13. The molecule has 1 aromatic heterocycles. The number of aromatic nitrogens is 2. The number of hydrogen-bond acceptors (Lipinski definition) is 9. The van der Waals surface area contributed by atoms with E-state index in [9.17, 15) is 19.2 Å². The molecule has 0 spiro atoms. The van der Waals surface area contributed by atoms with Crippen molar-refractivity contribution < 1.29 is 33.4 Å². The highest BCUT2D eigenvalue weighted by Gasteiger charge is 2.36. The van der Waals surface area contributed by atoms with E-state index < -0.39 is 30.3 Å². The predicted octanol–water partition coefficient (Wildman–Crippen LogP) is 2.09. The second kappa shape index (κ2) is 10.00. The smallest absolute Gasteiger partial charge is 0.338 e. The van der Waals surface area contributed by atoms with Gasteiger partial charge < -0.3 is 14.2 Å². The van der Waals surface area contributed by atoms with Gasteiger partial charge in [0.25, 0.3) is 17.7 Å². The number of nitrogens with zero attached hydrogens (tertiary/aromatic N) is 3. The summed E-state index contributed by atoms with van der Waals surface area (Å²) in [5.41, 5.74) is 1.12. The minimum Gasteiger partial charge on any atom is -0.481 e. The molecule has 0 bridgehead atoms. The fourth-order valence-electron chi connectivity index (χ4n) is 3.37. The molecule has 2 heterocycles. The number of rotatable bonds is 8. The van der Waals surface area contributed by atoms with E-state index in [0.717, 1.165) is 10.5 Å². The lowest BCUT2D eigenvalue weighted by Crippen LogP contribution is -2.29. The minimum absolute atomic E-state index is 0.0264. The molecule has 0 aliphatic carbocycles. The number of esters is 1. The first-order valence-corrected chi connectivity index (χ1v) is 10.4. The third-order valence-corrected chi connectivity index (χ3v) is 5.07. The van der Waals surface area contributed by atoms with Crippen molar-refractivity contribution in [3.05, 3.63) is 76.9 Å². The molecular weight excluding hydrogens is 456 g/mol. The van der Waals surface area contributed by atoms with Gasteiger partial charge in [0.2, 0.25) is 17.7 Å². The Labute approximate surface area is 199 Å². The average molecular weight is 476 g/mol. The van der Waals surface area contributed by atoms with Crippen LogP contribution in [0.4, 0.5) is 5.95 Å². The second-order valence-corrected chi connectivity index (χ2v) is 7.34. The minimum atomic E-state index is -0.839. The normalized spacial score (nSPS) is 12.2. The summed E-state index contributed by atoms with van der Waals surface area (Å²) in [6, 6.07) is 14.6. The maximum absolute atomic E-state index is 12.8. The Morgan fingerprint density at radius 2 is 1.54 bits per heavy atom. The molecule has 0 saturated carbocycles. The monoisotopic (exact) mass is 476 g/mol. The SMILES string of the molecule is COc1cc(OC)nc(NC(=O)COC(=O)c2ccc3c(c2)C(=O)N(Cc2ccccc2)C3=O)n1. The zero-order chi connectivity index (χ0) is 24.9. The molecule has 11 nitrogen and oxygen atoms in total. The molecule has 1 aliphatic heterocycles. The van der Waals surface area contributed by atoms with Crippen LogP contribution >= 0.6 is 0 Å². The number of ether oxygens (including phenoxy) is 3. The Morgan fingerprint density at radius 3 is 2.20 bits per heavy atom. The van der Waals surface area contributed by atoms with Gasteiger partial charge in [-0.1, -0.05) is 30.3 Å². The molecule has 1 aliphatic rings. The van der Waals surface area contributed by atoms with Gasteiger partial charge in [-0.25, -0.2) is 4.79 Å². The molecule has 0 radical (unpaired) electrons. The van der Waals surface area contributed by atoms with E-state index in [0.29, 0.717) is 0 Å². The molecule has 11 heteroatoms. The number of methoxy groups -OCH3 is 2. The summed E-state index contributed by atoms with van der Waals surface area (Å²) >= 11 is 0. The number of anilines is 1.